The summed E-state index contributed by atoms with van der Waals surface area (Å²) in [7, 11) is -3.76. The van der Waals surface area contributed by atoms with Crippen molar-refractivity contribution in [3.63, 3.8) is 0 Å². The van der Waals surface area contributed by atoms with E-state index in [1.54, 1.807) is 29.2 Å². The summed E-state index contributed by atoms with van der Waals surface area (Å²) in [6.07, 6.45) is 2.85. The molecule has 0 aliphatic carbocycles. The topological polar surface area (TPSA) is 127 Å². The molecule has 1 fully saturated rings. The first-order chi connectivity index (χ1) is 14.9. The third kappa shape index (κ3) is 4.31. The molecule has 1 aromatic heterocycles. The molecular formula is C19H17N5O5S2. The normalized spacial score (nSPS) is 15.5. The Morgan fingerprint density at radius 3 is 2.58 bits per heavy atom. The van der Waals surface area contributed by atoms with Crippen molar-refractivity contribution in [3.8, 4) is 0 Å². The molecule has 1 aliphatic heterocycles. The summed E-state index contributed by atoms with van der Waals surface area (Å²) in [6.45, 7) is 0.796. The van der Waals surface area contributed by atoms with Gasteiger partial charge in [-0.2, -0.15) is 13.1 Å². The molecule has 4 rings (SSSR count). The summed E-state index contributed by atoms with van der Waals surface area (Å²) >= 11 is 0.959. The van der Waals surface area contributed by atoms with Gasteiger partial charge in [-0.05, 0) is 23.8 Å². The Hall–Kier alpha value is -3.22. The monoisotopic (exact) mass is 459 g/mol. The number of nitro groups is 1. The summed E-state index contributed by atoms with van der Waals surface area (Å²) in [6, 6.07) is 10.8. The lowest BCUT2D eigenvalue weighted by Crippen LogP contribution is -2.50. The van der Waals surface area contributed by atoms with Gasteiger partial charge in [-0.3, -0.25) is 14.9 Å². The van der Waals surface area contributed by atoms with Crippen LogP contribution in [0.4, 0.5) is 5.69 Å². The number of rotatable bonds is 5. The number of hydrogen-bond donors (Lipinski definition) is 0. The van der Waals surface area contributed by atoms with Crippen LogP contribution >= 0.6 is 11.7 Å². The zero-order valence-corrected chi connectivity index (χ0v) is 17.8. The summed E-state index contributed by atoms with van der Waals surface area (Å²) < 4.78 is 35.7. The van der Waals surface area contributed by atoms with Crippen molar-refractivity contribution in [2.45, 2.75) is 4.90 Å². The van der Waals surface area contributed by atoms with E-state index in [1.807, 2.05) is 0 Å². The second-order valence-corrected chi connectivity index (χ2v) is 9.24. The van der Waals surface area contributed by atoms with Gasteiger partial charge in [-0.15, -0.1) is 0 Å². The number of carbonyl (C=O) groups is 1. The molecule has 10 nitrogen and oxygen atoms in total. The van der Waals surface area contributed by atoms with E-state index >= 15 is 0 Å². The van der Waals surface area contributed by atoms with Gasteiger partial charge in [-0.1, -0.05) is 18.2 Å². The number of nitrogens with zero attached hydrogens (tertiary/aromatic N) is 5. The molecule has 3 aromatic rings. The van der Waals surface area contributed by atoms with Gasteiger partial charge in [0.1, 0.15) is 15.9 Å². The molecule has 12 heteroatoms. The molecule has 0 spiro atoms. The fraction of sp³-hybridized carbons (Fsp3) is 0.211. The molecule has 2 aromatic carbocycles. The van der Waals surface area contributed by atoms with E-state index < -0.39 is 14.9 Å². The van der Waals surface area contributed by atoms with Crippen molar-refractivity contribution in [1.82, 2.24) is 18.0 Å². The van der Waals surface area contributed by atoms with E-state index in [4.69, 9.17) is 0 Å². The first kappa shape index (κ1) is 21.0. The Kier molecular flexibility index (Phi) is 5.76. The second kappa shape index (κ2) is 8.49. The number of nitro benzene ring substituents is 1. The Balaban J connectivity index is 1.42. The van der Waals surface area contributed by atoms with Crippen molar-refractivity contribution >= 4 is 50.5 Å². The van der Waals surface area contributed by atoms with Crippen molar-refractivity contribution < 1.29 is 18.1 Å². The minimum absolute atomic E-state index is 0.0567. The average Bonchev–Trinajstić information content (AvgIpc) is 3.26. The highest BCUT2D eigenvalue weighted by molar-refractivity contribution is 7.89. The number of benzene rings is 2. The molecule has 0 unspecified atom stereocenters. The number of sulfonamides is 1. The lowest BCUT2D eigenvalue weighted by atomic mass is 10.2. The molecule has 1 amide bonds. The molecule has 0 saturated carbocycles. The Morgan fingerprint density at radius 1 is 1.10 bits per heavy atom. The Bertz CT molecular complexity index is 1280. The van der Waals surface area contributed by atoms with Gasteiger partial charge >= 0.3 is 0 Å². The predicted molar refractivity (Wildman–Crippen MR) is 115 cm³/mol. The minimum Gasteiger partial charge on any atom is -0.337 e. The highest BCUT2D eigenvalue weighted by Crippen LogP contribution is 2.25. The van der Waals surface area contributed by atoms with Crippen LogP contribution in [0.2, 0.25) is 0 Å². The largest absolute Gasteiger partial charge is 0.337 e. The van der Waals surface area contributed by atoms with Crippen LogP contribution in [0, 0.1) is 10.1 Å². The highest BCUT2D eigenvalue weighted by Gasteiger charge is 2.31. The first-order valence-corrected chi connectivity index (χ1v) is 11.5. The van der Waals surface area contributed by atoms with E-state index in [1.165, 1.54) is 34.7 Å². The maximum absolute atomic E-state index is 13.1. The molecule has 0 atom stereocenters. The van der Waals surface area contributed by atoms with Gasteiger partial charge in [0, 0.05) is 44.4 Å². The molecular weight excluding hydrogens is 442 g/mol. The molecule has 1 aliphatic rings. The van der Waals surface area contributed by atoms with Crippen LogP contribution in [0.25, 0.3) is 17.1 Å². The standard InChI is InChI=1S/C19H17N5O5S2/c25-18(8-7-14-3-1-4-15(13-14)24(26)27)22-9-11-23(12-10-22)31(28,29)17-6-2-5-16-19(17)21-30-20-16/h1-8,13H,9-12H2/b8-7+. The number of aromatic nitrogens is 2. The van der Waals surface area contributed by atoms with Crippen LogP contribution in [0.1, 0.15) is 5.56 Å². The highest BCUT2D eigenvalue weighted by atomic mass is 32.2. The number of amides is 1. The van der Waals surface area contributed by atoms with E-state index in [-0.39, 0.29) is 42.7 Å². The van der Waals surface area contributed by atoms with Gasteiger partial charge in [0.25, 0.3) is 5.69 Å². The lowest BCUT2D eigenvalue weighted by Gasteiger charge is -2.33. The van der Waals surface area contributed by atoms with Crippen molar-refractivity contribution in [2.24, 2.45) is 0 Å². The zero-order valence-electron chi connectivity index (χ0n) is 16.1. The Labute approximate surface area is 181 Å². The fourth-order valence-electron chi connectivity index (χ4n) is 3.29. The maximum atomic E-state index is 13.1. The molecule has 1 saturated heterocycles. The van der Waals surface area contributed by atoms with E-state index in [2.05, 4.69) is 8.75 Å². The van der Waals surface area contributed by atoms with Crippen LogP contribution < -0.4 is 0 Å². The smallest absolute Gasteiger partial charge is 0.270 e. The predicted octanol–water partition coefficient (Wildman–Crippen LogP) is 2.15. The van der Waals surface area contributed by atoms with E-state index in [0.717, 1.165) is 11.7 Å². The molecule has 2 heterocycles. The van der Waals surface area contributed by atoms with Gasteiger partial charge in [-0.25, -0.2) is 8.42 Å². The third-order valence-electron chi connectivity index (χ3n) is 4.92. The van der Waals surface area contributed by atoms with E-state index in [9.17, 15) is 23.3 Å². The maximum Gasteiger partial charge on any atom is 0.270 e. The molecule has 0 bridgehead atoms. The lowest BCUT2D eigenvalue weighted by molar-refractivity contribution is -0.384. The fourth-order valence-corrected chi connectivity index (χ4v) is 5.47. The summed E-state index contributed by atoms with van der Waals surface area (Å²) in [5.74, 6) is -0.283. The second-order valence-electron chi connectivity index (χ2n) is 6.80. The zero-order chi connectivity index (χ0) is 22.0. The molecule has 31 heavy (non-hydrogen) atoms. The molecule has 0 N–H and O–H groups in total. The summed E-state index contributed by atoms with van der Waals surface area (Å²) in [4.78, 5) is 24.5. The van der Waals surface area contributed by atoms with Crippen molar-refractivity contribution in [2.75, 3.05) is 26.2 Å². The minimum atomic E-state index is -3.76. The average molecular weight is 460 g/mol. The summed E-state index contributed by atoms with van der Waals surface area (Å²) in [5, 5.41) is 10.9. The number of non-ortho nitro benzene ring substituents is 1. The molecule has 160 valence electrons. The van der Waals surface area contributed by atoms with Crippen molar-refractivity contribution in [3.05, 3.63) is 64.2 Å². The van der Waals surface area contributed by atoms with Crippen LogP contribution in [0.3, 0.4) is 0 Å². The quantitative estimate of drug-likeness (QED) is 0.325. The third-order valence-corrected chi connectivity index (χ3v) is 7.39. The molecule has 0 radical (unpaired) electrons. The van der Waals surface area contributed by atoms with Gasteiger partial charge in [0.15, 0.2) is 0 Å². The summed E-state index contributed by atoms with van der Waals surface area (Å²) in [5.41, 5.74) is 1.37. The van der Waals surface area contributed by atoms with E-state index in [0.29, 0.717) is 16.6 Å². The SMILES string of the molecule is O=C(/C=C/c1cccc([N+](=O)[O-])c1)N1CCN(S(=O)(=O)c2cccc3nsnc23)CC1. The van der Waals surface area contributed by atoms with Crippen LogP contribution in [-0.2, 0) is 14.8 Å². The van der Waals surface area contributed by atoms with Crippen LogP contribution in [-0.4, -0.2) is 63.4 Å². The first-order valence-electron chi connectivity index (χ1n) is 9.29. The number of fused-ring (bicyclic) bond motifs is 1. The number of hydrogen-bond acceptors (Lipinski definition) is 8. The Morgan fingerprint density at radius 2 is 1.84 bits per heavy atom. The van der Waals surface area contributed by atoms with Crippen LogP contribution in [0.5, 0.6) is 0 Å². The van der Waals surface area contributed by atoms with Gasteiger partial charge in [0.05, 0.1) is 16.7 Å². The van der Waals surface area contributed by atoms with Gasteiger partial charge in [0.2, 0.25) is 15.9 Å². The van der Waals surface area contributed by atoms with Crippen LogP contribution in [0.15, 0.2) is 53.4 Å². The number of carbonyl (C=O) groups excluding carboxylic acids is 1. The van der Waals surface area contributed by atoms with Crippen molar-refractivity contribution in [1.29, 1.82) is 0 Å². The number of piperazine rings is 1. The van der Waals surface area contributed by atoms with Gasteiger partial charge < -0.3 is 4.90 Å².